The number of ether oxygens (including phenoxy) is 1. The summed E-state index contributed by atoms with van der Waals surface area (Å²) in [5.74, 6) is 0. The van der Waals surface area contributed by atoms with Crippen LogP contribution in [0.2, 0.25) is 0 Å². The van der Waals surface area contributed by atoms with Gasteiger partial charge in [-0.2, -0.15) is 0 Å². The Morgan fingerprint density at radius 3 is 2.45 bits per heavy atom. The van der Waals surface area contributed by atoms with E-state index in [0.29, 0.717) is 6.54 Å². The lowest BCUT2D eigenvalue weighted by Crippen LogP contribution is -2.25. The van der Waals surface area contributed by atoms with Crippen LogP contribution in [0.15, 0.2) is 24.3 Å². The fraction of sp³-hybridized carbons (Fsp3) is 0.588. The Hall–Kier alpha value is -1.51. The molecule has 1 unspecified atom stereocenters. The first kappa shape index (κ1) is 14.9. The molecular formula is C17H25NO2. The maximum Gasteiger partial charge on any atom is 0.410 e. The van der Waals surface area contributed by atoms with Crippen molar-refractivity contribution in [3.8, 4) is 0 Å². The zero-order valence-electron chi connectivity index (χ0n) is 13.0. The highest BCUT2D eigenvalue weighted by atomic mass is 16.6. The molecule has 1 aromatic carbocycles. The molecule has 3 nitrogen and oxygen atoms in total. The normalized spacial score (nSPS) is 19.3. The van der Waals surface area contributed by atoms with Gasteiger partial charge in [0.05, 0.1) is 6.54 Å². The van der Waals surface area contributed by atoms with Crippen LogP contribution in [-0.2, 0) is 10.2 Å². The van der Waals surface area contributed by atoms with E-state index in [-0.39, 0.29) is 17.6 Å². The zero-order chi connectivity index (χ0) is 14.8. The number of carbonyl (C=O) groups excluding carboxylic acids is 1. The Kier molecular flexibility index (Phi) is 4.36. The predicted octanol–water partition coefficient (Wildman–Crippen LogP) is 4.28. The maximum absolute atomic E-state index is 11.8. The molecule has 1 aliphatic heterocycles. The van der Waals surface area contributed by atoms with E-state index in [2.05, 4.69) is 52.0 Å². The van der Waals surface area contributed by atoms with Crippen LogP contribution in [0.25, 0.3) is 0 Å². The standard InChI is InChI=1S/C17H25NO2/c1-5-6-11-18-12-15(20-16(18)19)13-7-9-14(10-8-13)17(2,3)4/h7-10,15H,5-6,11-12H2,1-4H3. The van der Waals surface area contributed by atoms with Crippen molar-refractivity contribution >= 4 is 6.09 Å². The van der Waals surface area contributed by atoms with Crippen LogP contribution >= 0.6 is 0 Å². The molecule has 0 N–H and O–H groups in total. The highest BCUT2D eigenvalue weighted by Crippen LogP contribution is 2.29. The van der Waals surface area contributed by atoms with E-state index < -0.39 is 0 Å². The SMILES string of the molecule is CCCCN1CC(c2ccc(C(C)(C)C)cc2)OC1=O. The molecule has 0 radical (unpaired) electrons. The van der Waals surface area contributed by atoms with Gasteiger partial charge in [-0.05, 0) is 23.0 Å². The molecule has 1 heterocycles. The largest absolute Gasteiger partial charge is 0.439 e. The van der Waals surface area contributed by atoms with Gasteiger partial charge in [-0.3, -0.25) is 0 Å². The lowest BCUT2D eigenvalue weighted by Gasteiger charge is -2.19. The molecule has 1 aliphatic rings. The monoisotopic (exact) mass is 275 g/mol. The van der Waals surface area contributed by atoms with Gasteiger partial charge >= 0.3 is 6.09 Å². The third-order valence-corrected chi connectivity index (χ3v) is 3.82. The van der Waals surface area contributed by atoms with Crippen molar-refractivity contribution in [1.29, 1.82) is 0 Å². The van der Waals surface area contributed by atoms with Gasteiger partial charge in [0, 0.05) is 6.54 Å². The summed E-state index contributed by atoms with van der Waals surface area (Å²) in [7, 11) is 0. The maximum atomic E-state index is 11.8. The number of unbranched alkanes of at least 4 members (excludes halogenated alkanes) is 1. The van der Waals surface area contributed by atoms with Gasteiger partial charge in [-0.25, -0.2) is 4.79 Å². The van der Waals surface area contributed by atoms with Gasteiger partial charge in [0.2, 0.25) is 0 Å². The number of benzene rings is 1. The summed E-state index contributed by atoms with van der Waals surface area (Å²) in [5, 5.41) is 0. The van der Waals surface area contributed by atoms with E-state index >= 15 is 0 Å². The highest BCUT2D eigenvalue weighted by molar-refractivity contribution is 5.70. The summed E-state index contributed by atoms with van der Waals surface area (Å²) in [6, 6.07) is 8.44. The molecule has 20 heavy (non-hydrogen) atoms. The molecule has 1 atom stereocenters. The lowest BCUT2D eigenvalue weighted by atomic mass is 9.86. The molecule has 1 saturated heterocycles. The van der Waals surface area contributed by atoms with Crippen molar-refractivity contribution in [2.75, 3.05) is 13.1 Å². The number of cyclic esters (lactones) is 1. The van der Waals surface area contributed by atoms with E-state index in [1.54, 1.807) is 0 Å². The molecule has 0 saturated carbocycles. The molecule has 2 rings (SSSR count). The van der Waals surface area contributed by atoms with Gasteiger partial charge in [0.25, 0.3) is 0 Å². The highest BCUT2D eigenvalue weighted by Gasteiger charge is 2.31. The topological polar surface area (TPSA) is 29.5 Å². The van der Waals surface area contributed by atoms with Crippen molar-refractivity contribution in [3.63, 3.8) is 0 Å². The third-order valence-electron chi connectivity index (χ3n) is 3.82. The predicted molar refractivity (Wildman–Crippen MR) is 80.8 cm³/mol. The van der Waals surface area contributed by atoms with Crippen molar-refractivity contribution in [1.82, 2.24) is 4.90 Å². The van der Waals surface area contributed by atoms with Gasteiger partial charge < -0.3 is 9.64 Å². The second kappa shape index (κ2) is 5.86. The number of amides is 1. The van der Waals surface area contributed by atoms with E-state index in [9.17, 15) is 4.79 Å². The minimum Gasteiger partial charge on any atom is -0.439 e. The average Bonchev–Trinajstić information content (AvgIpc) is 2.77. The van der Waals surface area contributed by atoms with Crippen molar-refractivity contribution in [2.45, 2.75) is 52.1 Å². The Morgan fingerprint density at radius 2 is 1.90 bits per heavy atom. The molecule has 110 valence electrons. The molecule has 1 fully saturated rings. The molecule has 0 spiro atoms. The smallest absolute Gasteiger partial charge is 0.410 e. The van der Waals surface area contributed by atoms with E-state index in [4.69, 9.17) is 4.74 Å². The number of rotatable bonds is 4. The van der Waals surface area contributed by atoms with E-state index in [1.165, 1.54) is 5.56 Å². The summed E-state index contributed by atoms with van der Waals surface area (Å²) >= 11 is 0. The molecule has 1 amide bonds. The molecule has 1 aromatic rings. The van der Waals surface area contributed by atoms with Crippen LogP contribution in [0.3, 0.4) is 0 Å². The van der Waals surface area contributed by atoms with Crippen LogP contribution in [0.1, 0.15) is 57.8 Å². The Bertz CT molecular complexity index is 459. The van der Waals surface area contributed by atoms with Crippen molar-refractivity contribution < 1.29 is 9.53 Å². The van der Waals surface area contributed by atoms with Crippen LogP contribution in [-0.4, -0.2) is 24.1 Å². The first-order chi connectivity index (χ1) is 9.41. The van der Waals surface area contributed by atoms with Gasteiger partial charge in [-0.15, -0.1) is 0 Å². The lowest BCUT2D eigenvalue weighted by molar-refractivity contribution is 0.132. The minimum absolute atomic E-state index is 0.117. The molecule has 0 bridgehead atoms. The van der Waals surface area contributed by atoms with Crippen LogP contribution in [0, 0.1) is 0 Å². The van der Waals surface area contributed by atoms with Crippen LogP contribution < -0.4 is 0 Å². The number of nitrogens with zero attached hydrogens (tertiary/aromatic N) is 1. The quantitative estimate of drug-likeness (QED) is 0.821. The second-order valence-electron chi connectivity index (χ2n) is 6.54. The number of carbonyl (C=O) groups is 1. The third kappa shape index (κ3) is 3.33. The second-order valence-corrected chi connectivity index (χ2v) is 6.54. The summed E-state index contributed by atoms with van der Waals surface area (Å²) < 4.78 is 5.47. The van der Waals surface area contributed by atoms with Crippen LogP contribution in [0.4, 0.5) is 4.79 Å². The van der Waals surface area contributed by atoms with Crippen molar-refractivity contribution in [2.24, 2.45) is 0 Å². The van der Waals surface area contributed by atoms with Gasteiger partial charge in [0.15, 0.2) is 0 Å². The summed E-state index contributed by atoms with van der Waals surface area (Å²) in [6.07, 6.45) is 1.83. The molecule has 3 heteroatoms. The van der Waals surface area contributed by atoms with Gasteiger partial charge in [0.1, 0.15) is 6.10 Å². The summed E-state index contributed by atoms with van der Waals surface area (Å²) in [4.78, 5) is 13.6. The average molecular weight is 275 g/mol. The Morgan fingerprint density at radius 1 is 1.25 bits per heavy atom. The van der Waals surface area contributed by atoms with E-state index in [0.717, 1.165) is 24.9 Å². The van der Waals surface area contributed by atoms with Crippen LogP contribution in [0.5, 0.6) is 0 Å². The van der Waals surface area contributed by atoms with Crippen molar-refractivity contribution in [3.05, 3.63) is 35.4 Å². The number of hydrogen-bond donors (Lipinski definition) is 0. The van der Waals surface area contributed by atoms with E-state index in [1.807, 2.05) is 4.90 Å². The summed E-state index contributed by atoms with van der Waals surface area (Å²) in [6.45, 7) is 10.2. The Labute approximate surface area is 121 Å². The molecular weight excluding hydrogens is 250 g/mol. The minimum atomic E-state index is -0.177. The molecule has 0 aromatic heterocycles. The zero-order valence-corrected chi connectivity index (χ0v) is 13.0. The first-order valence-electron chi connectivity index (χ1n) is 7.48. The fourth-order valence-corrected chi connectivity index (χ4v) is 2.41. The summed E-state index contributed by atoms with van der Waals surface area (Å²) in [5.41, 5.74) is 2.54. The number of hydrogen-bond acceptors (Lipinski definition) is 2. The molecule has 0 aliphatic carbocycles. The van der Waals surface area contributed by atoms with Gasteiger partial charge in [-0.1, -0.05) is 58.4 Å². The Balaban J connectivity index is 2.04. The first-order valence-corrected chi connectivity index (χ1v) is 7.48. The fourth-order valence-electron chi connectivity index (χ4n) is 2.41.